The van der Waals surface area contributed by atoms with Gasteiger partial charge in [0.05, 0.1) is 12.3 Å². The van der Waals surface area contributed by atoms with Crippen LogP contribution in [0.4, 0.5) is 4.39 Å². The number of hydrogen-bond donors (Lipinski definition) is 1. The number of unbranched alkanes of at least 4 members (excludes halogenated alkanes) is 1. The first kappa shape index (κ1) is 18.8. The van der Waals surface area contributed by atoms with Crippen molar-refractivity contribution in [2.24, 2.45) is 7.05 Å². The quantitative estimate of drug-likeness (QED) is 0.607. The molecule has 0 bridgehead atoms. The van der Waals surface area contributed by atoms with Crippen molar-refractivity contribution in [1.82, 2.24) is 15.1 Å². The van der Waals surface area contributed by atoms with E-state index >= 15 is 0 Å². The maximum absolute atomic E-state index is 14.4. The van der Waals surface area contributed by atoms with Gasteiger partial charge >= 0.3 is 0 Å². The SMILES string of the molecule is Cc1cc(C(=O)NCc2cccc(OCCCC#CCl)c2F)n(C)n1. The lowest BCUT2D eigenvalue weighted by Crippen LogP contribution is -2.25. The van der Waals surface area contributed by atoms with Crippen molar-refractivity contribution in [3.63, 3.8) is 0 Å². The summed E-state index contributed by atoms with van der Waals surface area (Å²) in [6, 6.07) is 6.52. The summed E-state index contributed by atoms with van der Waals surface area (Å²) in [6.07, 6.45) is 1.24. The Labute approximate surface area is 151 Å². The molecule has 0 aliphatic heterocycles. The van der Waals surface area contributed by atoms with E-state index in [4.69, 9.17) is 16.3 Å². The Morgan fingerprint density at radius 1 is 1.48 bits per heavy atom. The normalized spacial score (nSPS) is 10.1. The Morgan fingerprint density at radius 3 is 2.96 bits per heavy atom. The second-order valence-electron chi connectivity index (χ2n) is 5.43. The molecule has 0 aliphatic rings. The minimum absolute atomic E-state index is 0.0593. The van der Waals surface area contributed by atoms with Gasteiger partial charge < -0.3 is 10.1 Å². The standard InChI is InChI=1S/C18H19ClFN3O2/c1-13-11-15(23(2)22-13)18(24)21-12-14-7-6-8-16(17(14)20)25-10-5-3-4-9-19/h6-8,11H,3,5,10,12H2,1-2H3,(H,21,24). The van der Waals surface area contributed by atoms with Gasteiger partial charge in [0.2, 0.25) is 0 Å². The Hall–Kier alpha value is -2.52. The molecule has 2 rings (SSSR count). The molecule has 0 radical (unpaired) electrons. The lowest BCUT2D eigenvalue weighted by Gasteiger charge is -2.11. The number of hydrogen-bond acceptors (Lipinski definition) is 3. The van der Waals surface area contributed by atoms with E-state index in [2.05, 4.69) is 21.7 Å². The summed E-state index contributed by atoms with van der Waals surface area (Å²) in [5.41, 5.74) is 1.52. The van der Waals surface area contributed by atoms with Gasteiger partial charge in [-0.25, -0.2) is 4.39 Å². The molecule has 0 aliphatic carbocycles. The maximum Gasteiger partial charge on any atom is 0.269 e. The van der Waals surface area contributed by atoms with Crippen LogP contribution in [0.15, 0.2) is 24.3 Å². The third kappa shape index (κ3) is 5.23. The van der Waals surface area contributed by atoms with E-state index < -0.39 is 5.82 Å². The number of nitrogens with one attached hydrogen (secondary N) is 1. The number of aromatic nitrogens is 2. The van der Waals surface area contributed by atoms with E-state index in [1.54, 1.807) is 38.2 Å². The van der Waals surface area contributed by atoms with Crippen LogP contribution in [0.25, 0.3) is 0 Å². The van der Waals surface area contributed by atoms with Crippen LogP contribution in [0.2, 0.25) is 0 Å². The first-order valence-electron chi connectivity index (χ1n) is 7.80. The van der Waals surface area contributed by atoms with Crippen LogP contribution in [-0.4, -0.2) is 22.3 Å². The number of amides is 1. The Morgan fingerprint density at radius 2 is 2.28 bits per heavy atom. The van der Waals surface area contributed by atoms with Gasteiger partial charge in [0, 0.05) is 31.0 Å². The second-order valence-corrected chi connectivity index (χ2v) is 5.62. The van der Waals surface area contributed by atoms with Crippen molar-refractivity contribution in [3.8, 4) is 17.0 Å². The molecule has 1 N–H and O–H groups in total. The Kier molecular flexibility index (Phi) is 6.84. The van der Waals surface area contributed by atoms with Crippen LogP contribution in [0, 0.1) is 24.0 Å². The molecule has 0 spiro atoms. The molecule has 1 amide bonds. The summed E-state index contributed by atoms with van der Waals surface area (Å²) in [6.45, 7) is 2.20. The molecule has 1 heterocycles. The highest BCUT2D eigenvalue weighted by molar-refractivity contribution is 6.30. The molecule has 1 aromatic carbocycles. The number of halogens is 2. The number of aryl methyl sites for hydroxylation is 2. The molecular weight excluding hydrogens is 345 g/mol. The van der Waals surface area contributed by atoms with Crippen molar-refractivity contribution >= 4 is 17.5 Å². The van der Waals surface area contributed by atoms with Crippen LogP contribution in [0.3, 0.4) is 0 Å². The summed E-state index contributed by atoms with van der Waals surface area (Å²) >= 11 is 5.26. The topological polar surface area (TPSA) is 56.1 Å². The number of nitrogens with zero attached hydrogens (tertiary/aromatic N) is 2. The lowest BCUT2D eigenvalue weighted by molar-refractivity contribution is 0.0941. The van der Waals surface area contributed by atoms with Gasteiger partial charge in [0.1, 0.15) is 5.69 Å². The third-order valence-electron chi connectivity index (χ3n) is 3.49. The van der Waals surface area contributed by atoms with E-state index in [1.807, 2.05) is 0 Å². The van der Waals surface area contributed by atoms with Gasteiger partial charge in [-0.3, -0.25) is 9.48 Å². The number of benzene rings is 1. The number of carbonyl (C=O) groups is 1. The molecular formula is C18H19ClFN3O2. The average Bonchev–Trinajstić information content (AvgIpc) is 2.93. The molecule has 0 fully saturated rings. The lowest BCUT2D eigenvalue weighted by atomic mass is 10.2. The first-order valence-corrected chi connectivity index (χ1v) is 8.18. The molecule has 0 atom stereocenters. The largest absolute Gasteiger partial charge is 0.490 e. The molecule has 5 nitrogen and oxygen atoms in total. The highest BCUT2D eigenvalue weighted by Gasteiger charge is 2.14. The van der Waals surface area contributed by atoms with Gasteiger partial charge in [-0.05, 0) is 37.1 Å². The van der Waals surface area contributed by atoms with Crippen molar-refractivity contribution in [1.29, 1.82) is 0 Å². The van der Waals surface area contributed by atoms with Gasteiger partial charge in [0.15, 0.2) is 11.6 Å². The van der Waals surface area contributed by atoms with Crippen LogP contribution < -0.4 is 10.1 Å². The molecule has 25 heavy (non-hydrogen) atoms. The summed E-state index contributed by atoms with van der Waals surface area (Å²) in [5, 5.41) is 9.09. The molecule has 0 unspecified atom stereocenters. The summed E-state index contributed by atoms with van der Waals surface area (Å²) in [7, 11) is 1.69. The fourth-order valence-electron chi connectivity index (χ4n) is 2.28. The predicted octanol–water partition coefficient (Wildman–Crippen LogP) is 3.16. The summed E-state index contributed by atoms with van der Waals surface area (Å²) < 4.78 is 21.4. The van der Waals surface area contributed by atoms with Gasteiger partial charge in [-0.2, -0.15) is 5.10 Å². The van der Waals surface area contributed by atoms with Crippen molar-refractivity contribution in [2.45, 2.75) is 26.3 Å². The van der Waals surface area contributed by atoms with Crippen LogP contribution in [0.5, 0.6) is 5.75 Å². The Balaban J connectivity index is 1.95. The van der Waals surface area contributed by atoms with E-state index in [0.29, 0.717) is 30.7 Å². The van der Waals surface area contributed by atoms with Crippen LogP contribution >= 0.6 is 11.6 Å². The zero-order valence-electron chi connectivity index (χ0n) is 14.1. The zero-order chi connectivity index (χ0) is 18.2. The van der Waals surface area contributed by atoms with E-state index in [1.165, 1.54) is 4.68 Å². The molecule has 0 saturated heterocycles. The fraction of sp³-hybridized carbons (Fsp3) is 0.333. The number of carbonyl (C=O) groups excluding carboxylic acids is 1. The van der Waals surface area contributed by atoms with Crippen LogP contribution in [-0.2, 0) is 13.6 Å². The summed E-state index contributed by atoms with van der Waals surface area (Å²) in [4.78, 5) is 12.2. The van der Waals surface area contributed by atoms with E-state index in [-0.39, 0.29) is 18.2 Å². The third-order valence-corrected chi connectivity index (χ3v) is 3.62. The maximum atomic E-state index is 14.4. The van der Waals surface area contributed by atoms with Crippen molar-refractivity contribution in [2.75, 3.05) is 6.61 Å². The van der Waals surface area contributed by atoms with Crippen molar-refractivity contribution < 1.29 is 13.9 Å². The van der Waals surface area contributed by atoms with E-state index in [9.17, 15) is 9.18 Å². The first-order chi connectivity index (χ1) is 12.0. The fourth-order valence-corrected chi connectivity index (χ4v) is 2.38. The van der Waals surface area contributed by atoms with Gasteiger partial charge in [-0.1, -0.05) is 18.1 Å². The minimum Gasteiger partial charge on any atom is -0.490 e. The average molecular weight is 364 g/mol. The number of ether oxygens (including phenoxy) is 1. The van der Waals surface area contributed by atoms with E-state index in [0.717, 1.165) is 5.69 Å². The van der Waals surface area contributed by atoms with Crippen LogP contribution in [0.1, 0.15) is 34.6 Å². The molecule has 1 aromatic heterocycles. The molecule has 7 heteroatoms. The summed E-state index contributed by atoms with van der Waals surface area (Å²) in [5.74, 6) is 2.07. The van der Waals surface area contributed by atoms with Crippen molar-refractivity contribution in [3.05, 3.63) is 47.0 Å². The predicted molar refractivity (Wildman–Crippen MR) is 93.9 cm³/mol. The molecule has 0 saturated carbocycles. The monoisotopic (exact) mass is 363 g/mol. The minimum atomic E-state index is -0.479. The highest BCUT2D eigenvalue weighted by Crippen LogP contribution is 2.20. The zero-order valence-corrected chi connectivity index (χ0v) is 14.9. The Bertz CT molecular complexity index is 808. The number of rotatable bonds is 7. The second kappa shape index (κ2) is 9.09. The molecule has 2 aromatic rings. The smallest absolute Gasteiger partial charge is 0.269 e. The van der Waals surface area contributed by atoms with Gasteiger partial charge in [0.25, 0.3) is 5.91 Å². The highest BCUT2D eigenvalue weighted by atomic mass is 35.5. The van der Waals surface area contributed by atoms with Gasteiger partial charge in [-0.15, -0.1) is 0 Å². The molecule has 132 valence electrons.